The Morgan fingerprint density at radius 1 is 0.765 bits per heavy atom. The molecule has 0 unspecified atom stereocenters. The van der Waals surface area contributed by atoms with E-state index in [2.05, 4.69) is 10.2 Å². The van der Waals surface area contributed by atoms with E-state index in [0.29, 0.717) is 16.8 Å². The van der Waals surface area contributed by atoms with Crippen molar-refractivity contribution >= 4 is 59.1 Å². The number of carbonyl (C=O) groups is 1. The molecule has 0 atom stereocenters. The Morgan fingerprint density at radius 3 is 2.09 bits per heavy atom. The lowest BCUT2D eigenvalue weighted by Gasteiger charge is -2.08. The molecule has 174 valence electrons. The lowest BCUT2D eigenvalue weighted by Crippen LogP contribution is -2.04. The lowest BCUT2D eigenvalue weighted by atomic mass is 10.0. The molecule has 0 aliphatic rings. The number of fused-ring (bicyclic) bond motifs is 2. The number of azo groups is 1. The summed E-state index contributed by atoms with van der Waals surface area (Å²) in [6.45, 7) is 0. The first-order chi connectivity index (χ1) is 15.9. The molecule has 4 rings (SSSR count). The topological polar surface area (TPSA) is 191 Å². The average Bonchev–Trinajstić information content (AvgIpc) is 2.75. The summed E-state index contributed by atoms with van der Waals surface area (Å²) >= 11 is 0. The molecule has 4 aromatic carbocycles. The maximum Gasteiger partial charge on any atom is 0.339 e. The van der Waals surface area contributed by atoms with Crippen LogP contribution < -0.4 is 0 Å². The van der Waals surface area contributed by atoms with Crippen LogP contribution in [0.3, 0.4) is 0 Å². The van der Waals surface area contributed by atoms with Gasteiger partial charge in [-0.1, -0.05) is 30.3 Å². The van der Waals surface area contributed by atoms with Crippen LogP contribution >= 0.6 is 0 Å². The second kappa shape index (κ2) is 8.14. The van der Waals surface area contributed by atoms with Crippen LogP contribution in [-0.4, -0.2) is 42.1 Å². The highest BCUT2D eigenvalue weighted by atomic mass is 32.2. The number of aromatic hydroxyl groups is 1. The molecule has 0 amide bonds. The number of phenols is 1. The summed E-state index contributed by atoms with van der Waals surface area (Å²) < 4.78 is 65.5. The summed E-state index contributed by atoms with van der Waals surface area (Å²) in [7, 11) is -9.66. The first-order valence-electron chi connectivity index (χ1n) is 9.29. The van der Waals surface area contributed by atoms with Crippen molar-refractivity contribution < 1.29 is 40.9 Å². The molecule has 0 radical (unpaired) electrons. The van der Waals surface area contributed by atoms with E-state index < -0.39 is 47.3 Å². The number of carboxylic acid groups (broad SMARTS) is 1. The molecule has 13 heteroatoms. The van der Waals surface area contributed by atoms with E-state index in [1.54, 1.807) is 24.3 Å². The van der Waals surface area contributed by atoms with E-state index >= 15 is 0 Å². The van der Waals surface area contributed by atoms with Crippen LogP contribution in [0, 0.1) is 0 Å². The van der Waals surface area contributed by atoms with Crippen LogP contribution in [0.15, 0.2) is 80.7 Å². The van der Waals surface area contributed by atoms with Crippen molar-refractivity contribution in [3.05, 3.63) is 66.2 Å². The van der Waals surface area contributed by atoms with Gasteiger partial charge in [0.05, 0.1) is 10.6 Å². The SMILES string of the molecule is O=C(O)c1cc2ccccc2c(N=Nc2ccc3cc(S(=O)(=O)O)cc(S(=O)(=O)O)c3c2)c1O. The van der Waals surface area contributed by atoms with Gasteiger partial charge in [0.25, 0.3) is 20.2 Å². The molecule has 0 bridgehead atoms. The summed E-state index contributed by atoms with van der Waals surface area (Å²) in [5.41, 5.74) is -0.480. The molecule has 0 saturated heterocycles. The third kappa shape index (κ3) is 4.32. The second-order valence-corrected chi connectivity index (χ2v) is 9.94. The minimum Gasteiger partial charge on any atom is -0.505 e. The Labute approximate surface area is 192 Å². The van der Waals surface area contributed by atoms with Gasteiger partial charge in [-0.15, -0.1) is 5.11 Å². The van der Waals surface area contributed by atoms with E-state index in [1.165, 1.54) is 24.3 Å². The van der Waals surface area contributed by atoms with Crippen LogP contribution in [0.2, 0.25) is 0 Å². The normalized spacial score (nSPS) is 12.5. The minimum absolute atomic E-state index is 0.0428. The predicted octanol–water partition coefficient (Wildman–Crippen LogP) is 4.31. The van der Waals surface area contributed by atoms with E-state index in [1.807, 2.05) is 0 Å². The fourth-order valence-corrected chi connectivity index (χ4v) is 4.75. The van der Waals surface area contributed by atoms with Crippen LogP contribution in [-0.2, 0) is 20.2 Å². The van der Waals surface area contributed by atoms with Crippen LogP contribution in [0.1, 0.15) is 10.4 Å². The maximum atomic E-state index is 11.8. The zero-order chi connectivity index (χ0) is 24.8. The number of benzene rings is 4. The second-order valence-electron chi connectivity index (χ2n) is 7.12. The third-order valence-electron chi connectivity index (χ3n) is 4.94. The fourth-order valence-electron chi connectivity index (χ4n) is 3.40. The number of hydrogen-bond donors (Lipinski definition) is 4. The zero-order valence-corrected chi connectivity index (χ0v) is 18.4. The van der Waals surface area contributed by atoms with Gasteiger partial charge in [0.15, 0.2) is 5.75 Å². The fraction of sp³-hybridized carbons (Fsp3) is 0. The number of rotatable bonds is 5. The summed E-state index contributed by atoms with van der Waals surface area (Å²) in [5.74, 6) is -2.00. The van der Waals surface area contributed by atoms with Crippen LogP contribution in [0.25, 0.3) is 21.5 Å². The smallest absolute Gasteiger partial charge is 0.339 e. The highest BCUT2D eigenvalue weighted by molar-refractivity contribution is 7.86. The lowest BCUT2D eigenvalue weighted by molar-refractivity contribution is 0.0694. The van der Waals surface area contributed by atoms with Crippen molar-refractivity contribution in [1.29, 1.82) is 0 Å². The van der Waals surface area contributed by atoms with Gasteiger partial charge in [-0.3, -0.25) is 9.11 Å². The number of aromatic carboxylic acids is 1. The van der Waals surface area contributed by atoms with Gasteiger partial charge in [-0.25, -0.2) is 4.79 Å². The Morgan fingerprint density at radius 2 is 1.44 bits per heavy atom. The highest BCUT2D eigenvalue weighted by Crippen LogP contribution is 2.39. The van der Waals surface area contributed by atoms with Gasteiger partial charge in [0, 0.05) is 10.8 Å². The average molecular weight is 502 g/mol. The minimum atomic E-state index is -4.90. The van der Waals surface area contributed by atoms with Crippen molar-refractivity contribution in [3.63, 3.8) is 0 Å². The Kier molecular flexibility index (Phi) is 5.57. The molecule has 0 heterocycles. The molecule has 11 nitrogen and oxygen atoms in total. The van der Waals surface area contributed by atoms with Gasteiger partial charge >= 0.3 is 5.97 Å². The molecule has 0 aliphatic carbocycles. The van der Waals surface area contributed by atoms with E-state index in [9.17, 15) is 40.9 Å². The summed E-state index contributed by atoms with van der Waals surface area (Å²) in [6.07, 6.45) is 0. The molecule has 0 aromatic heterocycles. The predicted molar refractivity (Wildman–Crippen MR) is 120 cm³/mol. The Bertz CT molecular complexity index is 1750. The van der Waals surface area contributed by atoms with Gasteiger partial charge < -0.3 is 10.2 Å². The first-order valence-corrected chi connectivity index (χ1v) is 12.2. The van der Waals surface area contributed by atoms with Crippen molar-refractivity contribution in [2.45, 2.75) is 9.79 Å². The molecule has 34 heavy (non-hydrogen) atoms. The van der Waals surface area contributed by atoms with Gasteiger partial charge in [-0.2, -0.15) is 21.9 Å². The maximum absolute atomic E-state index is 11.8. The molecule has 4 aromatic rings. The summed E-state index contributed by atoms with van der Waals surface area (Å²) in [4.78, 5) is 9.98. The molecule has 4 N–H and O–H groups in total. The molecular weight excluding hydrogens is 488 g/mol. The molecular formula is C21H14N2O9S2. The summed E-state index contributed by atoms with van der Waals surface area (Å²) in [5, 5.41) is 28.6. The number of carboxylic acids is 1. The van der Waals surface area contributed by atoms with E-state index in [-0.39, 0.29) is 22.1 Å². The summed E-state index contributed by atoms with van der Waals surface area (Å²) in [6, 6.07) is 13.3. The van der Waals surface area contributed by atoms with Gasteiger partial charge in [0.1, 0.15) is 16.1 Å². The number of nitrogens with zero attached hydrogens (tertiary/aromatic N) is 2. The molecule has 0 spiro atoms. The standard InChI is InChI=1S/C21H14N2O9S2/c24-20-17(21(25)26)8-11-3-1-2-4-15(11)19(20)23-22-13-6-5-12-7-14(33(27,28)29)10-18(16(12)9-13)34(30,31)32/h1-10,24H,(H,25,26)(H,27,28,29)(H,30,31,32). The van der Waals surface area contributed by atoms with Crippen molar-refractivity contribution in [2.75, 3.05) is 0 Å². The zero-order valence-electron chi connectivity index (χ0n) is 16.8. The Balaban J connectivity index is 1.92. The quantitative estimate of drug-likeness (QED) is 0.227. The third-order valence-corrected chi connectivity index (χ3v) is 6.67. The van der Waals surface area contributed by atoms with Crippen molar-refractivity contribution in [1.82, 2.24) is 0 Å². The van der Waals surface area contributed by atoms with Crippen LogP contribution in [0.4, 0.5) is 11.4 Å². The largest absolute Gasteiger partial charge is 0.505 e. The number of hydrogen-bond acceptors (Lipinski definition) is 8. The molecule has 0 fully saturated rings. The molecule has 0 saturated carbocycles. The highest BCUT2D eigenvalue weighted by Gasteiger charge is 2.21. The van der Waals surface area contributed by atoms with Crippen molar-refractivity contribution in [2.24, 2.45) is 10.2 Å². The van der Waals surface area contributed by atoms with Crippen LogP contribution in [0.5, 0.6) is 5.75 Å². The molecule has 0 aliphatic heterocycles. The van der Waals surface area contributed by atoms with E-state index in [0.717, 1.165) is 6.07 Å². The first kappa shape index (κ1) is 23.3. The Hall–Kier alpha value is -3.91. The van der Waals surface area contributed by atoms with Gasteiger partial charge in [-0.05, 0) is 41.1 Å². The van der Waals surface area contributed by atoms with E-state index in [4.69, 9.17) is 0 Å². The monoisotopic (exact) mass is 502 g/mol. The van der Waals surface area contributed by atoms with Gasteiger partial charge in [0.2, 0.25) is 0 Å². The van der Waals surface area contributed by atoms with Crippen molar-refractivity contribution in [3.8, 4) is 5.75 Å².